The molecular weight excluding hydrogens is 248 g/mol. The van der Waals surface area contributed by atoms with Gasteiger partial charge in [-0.15, -0.1) is 0 Å². The highest BCUT2D eigenvalue weighted by Crippen LogP contribution is 2.34. The van der Waals surface area contributed by atoms with Crippen LogP contribution in [0.3, 0.4) is 0 Å². The van der Waals surface area contributed by atoms with E-state index in [1.54, 1.807) is 26.5 Å². The number of pyridine rings is 1. The number of aromatic nitrogens is 1. The van der Waals surface area contributed by atoms with Crippen LogP contribution in [0.25, 0.3) is 10.8 Å². The number of methoxy groups -OCH3 is 2. The Bertz CT molecular complexity index is 613. The Hall–Kier alpha value is -2.50. The van der Waals surface area contributed by atoms with E-state index < -0.39 is 5.97 Å². The maximum absolute atomic E-state index is 10.6. The molecule has 0 fully saturated rings. The van der Waals surface area contributed by atoms with Gasteiger partial charge in [-0.1, -0.05) is 0 Å². The van der Waals surface area contributed by atoms with Crippen molar-refractivity contribution in [1.29, 1.82) is 0 Å². The van der Waals surface area contributed by atoms with Crippen molar-refractivity contribution in [2.24, 2.45) is 0 Å². The Morgan fingerprint density at radius 3 is 2.63 bits per heavy atom. The number of anilines is 1. The van der Waals surface area contributed by atoms with Gasteiger partial charge < -0.3 is 19.9 Å². The number of nitrogens with zero attached hydrogens (tertiary/aromatic N) is 1. The summed E-state index contributed by atoms with van der Waals surface area (Å²) in [6.07, 6.45) is 1.61. The van der Waals surface area contributed by atoms with Crippen molar-refractivity contribution in [3.8, 4) is 11.5 Å². The van der Waals surface area contributed by atoms with E-state index in [0.29, 0.717) is 17.3 Å². The van der Waals surface area contributed by atoms with Gasteiger partial charge in [0.15, 0.2) is 11.5 Å². The van der Waals surface area contributed by atoms with E-state index in [9.17, 15) is 4.79 Å². The zero-order valence-corrected chi connectivity index (χ0v) is 10.6. The lowest BCUT2D eigenvalue weighted by Crippen LogP contribution is -2.13. The summed E-state index contributed by atoms with van der Waals surface area (Å²) in [5.74, 6) is 0.742. The van der Waals surface area contributed by atoms with Gasteiger partial charge >= 0.3 is 5.97 Å². The van der Waals surface area contributed by atoms with Crippen LogP contribution in [0.1, 0.15) is 0 Å². The second-order valence-electron chi connectivity index (χ2n) is 3.84. The topological polar surface area (TPSA) is 80.7 Å². The first-order valence-electron chi connectivity index (χ1n) is 5.62. The number of carboxylic acids is 1. The number of hydrogen-bond acceptors (Lipinski definition) is 5. The molecule has 0 aliphatic rings. The molecular formula is C13H14N2O4. The highest BCUT2D eigenvalue weighted by Gasteiger charge is 2.10. The highest BCUT2D eigenvalue weighted by atomic mass is 16.5. The summed E-state index contributed by atoms with van der Waals surface area (Å²) in [6.45, 7) is -0.194. The molecule has 19 heavy (non-hydrogen) atoms. The van der Waals surface area contributed by atoms with Gasteiger partial charge in [-0.2, -0.15) is 0 Å². The van der Waals surface area contributed by atoms with Gasteiger partial charge in [-0.05, 0) is 23.6 Å². The number of carbonyl (C=O) groups is 1. The second kappa shape index (κ2) is 5.43. The molecule has 6 heteroatoms. The molecule has 2 N–H and O–H groups in total. The molecule has 2 rings (SSSR count). The minimum Gasteiger partial charge on any atom is -0.493 e. The summed E-state index contributed by atoms with van der Waals surface area (Å²) in [5, 5.41) is 13.1. The van der Waals surface area contributed by atoms with Crippen LogP contribution < -0.4 is 14.8 Å². The fraction of sp³-hybridized carbons (Fsp3) is 0.231. The number of ether oxygens (including phenoxy) is 2. The van der Waals surface area contributed by atoms with E-state index in [4.69, 9.17) is 14.6 Å². The van der Waals surface area contributed by atoms with Crippen molar-refractivity contribution in [1.82, 2.24) is 4.98 Å². The fourth-order valence-corrected chi connectivity index (χ4v) is 1.80. The average Bonchev–Trinajstić information content (AvgIpc) is 2.43. The summed E-state index contributed by atoms with van der Waals surface area (Å²) in [4.78, 5) is 14.7. The summed E-state index contributed by atoms with van der Waals surface area (Å²) in [5.41, 5.74) is 0. The molecule has 1 heterocycles. The van der Waals surface area contributed by atoms with E-state index in [0.717, 1.165) is 10.8 Å². The third-order valence-electron chi connectivity index (χ3n) is 2.68. The predicted molar refractivity (Wildman–Crippen MR) is 71.0 cm³/mol. The number of nitrogens with one attached hydrogen (secondary N) is 1. The van der Waals surface area contributed by atoms with Crippen LogP contribution in [0.5, 0.6) is 11.5 Å². The fourth-order valence-electron chi connectivity index (χ4n) is 1.80. The van der Waals surface area contributed by atoms with Crippen LogP contribution in [-0.4, -0.2) is 36.8 Å². The standard InChI is InChI=1S/C13H14N2O4/c1-18-10-5-8-3-4-14-13(15-7-12(16)17)9(8)6-11(10)19-2/h3-6H,7H2,1-2H3,(H,14,15)(H,16,17). The minimum absolute atomic E-state index is 0.194. The van der Waals surface area contributed by atoms with Crippen LogP contribution >= 0.6 is 0 Å². The zero-order chi connectivity index (χ0) is 13.8. The SMILES string of the molecule is COc1cc2ccnc(NCC(=O)O)c2cc1OC. The summed E-state index contributed by atoms with van der Waals surface area (Å²) < 4.78 is 10.5. The number of fused-ring (bicyclic) bond motifs is 1. The molecule has 1 aromatic heterocycles. The molecule has 2 aromatic rings. The molecule has 0 aliphatic heterocycles. The number of hydrogen-bond donors (Lipinski definition) is 2. The van der Waals surface area contributed by atoms with Gasteiger partial charge in [-0.3, -0.25) is 4.79 Å². The van der Waals surface area contributed by atoms with Crippen LogP contribution in [0.15, 0.2) is 24.4 Å². The molecule has 0 atom stereocenters. The molecule has 0 unspecified atom stereocenters. The first kappa shape index (κ1) is 12.9. The second-order valence-corrected chi connectivity index (χ2v) is 3.84. The number of carboxylic acid groups (broad SMARTS) is 1. The van der Waals surface area contributed by atoms with Crippen LogP contribution in [0.4, 0.5) is 5.82 Å². The highest BCUT2D eigenvalue weighted by molar-refractivity contribution is 5.95. The molecule has 0 saturated carbocycles. The molecule has 0 spiro atoms. The van der Waals surface area contributed by atoms with Crippen molar-refractivity contribution in [2.45, 2.75) is 0 Å². The molecule has 0 amide bonds. The zero-order valence-electron chi connectivity index (χ0n) is 10.6. The van der Waals surface area contributed by atoms with E-state index in [2.05, 4.69) is 10.3 Å². The van der Waals surface area contributed by atoms with E-state index >= 15 is 0 Å². The van der Waals surface area contributed by atoms with E-state index in [-0.39, 0.29) is 6.54 Å². The van der Waals surface area contributed by atoms with Gasteiger partial charge in [-0.25, -0.2) is 4.98 Å². The maximum Gasteiger partial charge on any atom is 0.322 e. The Kier molecular flexibility index (Phi) is 3.70. The lowest BCUT2D eigenvalue weighted by molar-refractivity contribution is -0.134. The van der Waals surface area contributed by atoms with Crippen LogP contribution in [-0.2, 0) is 4.79 Å². The largest absolute Gasteiger partial charge is 0.493 e. The lowest BCUT2D eigenvalue weighted by Gasteiger charge is -2.11. The average molecular weight is 262 g/mol. The van der Waals surface area contributed by atoms with Crippen molar-refractivity contribution in [3.05, 3.63) is 24.4 Å². The van der Waals surface area contributed by atoms with Crippen molar-refractivity contribution < 1.29 is 19.4 Å². The Labute approximate surface area is 110 Å². The van der Waals surface area contributed by atoms with Crippen molar-refractivity contribution in [2.75, 3.05) is 26.1 Å². The third-order valence-corrected chi connectivity index (χ3v) is 2.68. The first-order chi connectivity index (χ1) is 9.15. The van der Waals surface area contributed by atoms with Gasteiger partial charge in [0.2, 0.25) is 0 Å². The predicted octanol–water partition coefficient (Wildman–Crippen LogP) is 1.75. The Morgan fingerprint density at radius 2 is 2.00 bits per heavy atom. The van der Waals surface area contributed by atoms with Crippen molar-refractivity contribution in [3.63, 3.8) is 0 Å². The normalized spacial score (nSPS) is 10.2. The minimum atomic E-state index is -0.945. The van der Waals surface area contributed by atoms with Gasteiger partial charge in [0.05, 0.1) is 14.2 Å². The first-order valence-corrected chi connectivity index (χ1v) is 5.62. The number of rotatable bonds is 5. The van der Waals surface area contributed by atoms with Crippen LogP contribution in [0.2, 0.25) is 0 Å². The maximum atomic E-state index is 10.6. The summed E-state index contributed by atoms with van der Waals surface area (Å²) >= 11 is 0. The van der Waals surface area contributed by atoms with Gasteiger partial charge in [0, 0.05) is 11.6 Å². The number of aliphatic carboxylic acids is 1. The summed E-state index contributed by atoms with van der Waals surface area (Å²) in [7, 11) is 3.11. The van der Waals surface area contributed by atoms with Gasteiger partial charge in [0.1, 0.15) is 12.4 Å². The van der Waals surface area contributed by atoms with E-state index in [1.165, 1.54) is 0 Å². The van der Waals surface area contributed by atoms with Crippen molar-refractivity contribution >= 4 is 22.6 Å². The molecule has 1 aromatic carbocycles. The Balaban J connectivity index is 2.51. The van der Waals surface area contributed by atoms with Gasteiger partial charge in [0.25, 0.3) is 0 Å². The molecule has 0 aliphatic carbocycles. The molecule has 100 valence electrons. The Morgan fingerprint density at radius 1 is 1.32 bits per heavy atom. The molecule has 0 radical (unpaired) electrons. The molecule has 6 nitrogen and oxygen atoms in total. The quantitative estimate of drug-likeness (QED) is 0.854. The smallest absolute Gasteiger partial charge is 0.322 e. The third kappa shape index (κ3) is 2.67. The monoisotopic (exact) mass is 262 g/mol. The van der Waals surface area contributed by atoms with Crippen LogP contribution in [0, 0.1) is 0 Å². The molecule has 0 saturated heterocycles. The lowest BCUT2D eigenvalue weighted by atomic mass is 10.1. The van der Waals surface area contributed by atoms with E-state index in [1.807, 2.05) is 12.1 Å². The summed E-state index contributed by atoms with van der Waals surface area (Å²) in [6, 6.07) is 5.41. The molecule has 0 bridgehead atoms. The number of benzene rings is 1.